The van der Waals surface area contributed by atoms with Crippen LogP contribution in [0.4, 0.5) is 26.1 Å². The third kappa shape index (κ3) is 3.68. The largest absolute Gasteiger partial charge is 0.367 e. The lowest BCUT2D eigenvalue weighted by Crippen LogP contribution is -2.49. The van der Waals surface area contributed by atoms with Crippen LogP contribution in [0.15, 0.2) is 55.0 Å². The van der Waals surface area contributed by atoms with E-state index in [1.54, 1.807) is 35.2 Å². The van der Waals surface area contributed by atoms with Gasteiger partial charge in [0.05, 0.1) is 40.5 Å². The number of nitrogens with zero attached hydrogens (tertiary/aromatic N) is 5. The normalized spacial score (nSPS) is 16.6. The number of hydrogen-bond donors (Lipinski definition) is 2. The summed E-state index contributed by atoms with van der Waals surface area (Å²) >= 11 is 0. The third-order valence-electron chi connectivity index (χ3n) is 5.36. The van der Waals surface area contributed by atoms with Gasteiger partial charge in [0, 0.05) is 31.9 Å². The van der Waals surface area contributed by atoms with Crippen LogP contribution >= 0.6 is 0 Å². The molecule has 0 radical (unpaired) electrons. The maximum absolute atomic E-state index is 14.3. The number of nitrogens with one attached hydrogen (secondary N) is 2. The minimum Gasteiger partial charge on any atom is -0.367 e. The van der Waals surface area contributed by atoms with Crippen molar-refractivity contribution in [3.63, 3.8) is 0 Å². The van der Waals surface area contributed by atoms with Gasteiger partial charge < -0.3 is 15.5 Å². The van der Waals surface area contributed by atoms with Gasteiger partial charge in [0.25, 0.3) is 0 Å². The quantitative estimate of drug-likeness (QED) is 0.525. The van der Waals surface area contributed by atoms with Crippen LogP contribution in [-0.4, -0.2) is 45.3 Å². The Kier molecular flexibility index (Phi) is 4.95. The first kappa shape index (κ1) is 19.4. The number of pyridine rings is 1. The maximum atomic E-state index is 14.3. The molecule has 5 rings (SSSR count). The van der Waals surface area contributed by atoms with E-state index in [4.69, 9.17) is 0 Å². The number of benzene rings is 1. The summed E-state index contributed by atoms with van der Waals surface area (Å²) in [4.78, 5) is 10.9. The fourth-order valence-electron chi connectivity index (χ4n) is 3.87. The fraction of sp³-hybridized carbons (Fsp3) is 0.227. The van der Waals surface area contributed by atoms with Crippen LogP contribution in [0, 0.1) is 11.6 Å². The molecule has 4 aromatic rings. The molecule has 0 bridgehead atoms. The van der Waals surface area contributed by atoms with Crippen LogP contribution in [-0.2, 0) is 0 Å². The van der Waals surface area contributed by atoms with Gasteiger partial charge in [0.1, 0.15) is 11.6 Å². The Bertz CT molecular complexity index is 1220. The predicted octanol–water partition coefficient (Wildman–Crippen LogP) is 3.61. The summed E-state index contributed by atoms with van der Waals surface area (Å²) in [6.45, 7) is 4.79. The molecule has 2 N–H and O–H groups in total. The summed E-state index contributed by atoms with van der Waals surface area (Å²) in [7, 11) is 0. The van der Waals surface area contributed by atoms with Gasteiger partial charge in [0.15, 0.2) is 0 Å². The monoisotopic (exact) mass is 421 g/mol. The molecular formula is C22H21F2N7. The zero-order valence-electron chi connectivity index (χ0n) is 16.9. The van der Waals surface area contributed by atoms with Crippen molar-refractivity contribution in [2.75, 3.05) is 29.9 Å². The number of rotatable bonds is 4. The molecular weight excluding hydrogens is 400 g/mol. The maximum Gasteiger partial charge on any atom is 0.229 e. The Balaban J connectivity index is 1.52. The predicted molar refractivity (Wildman–Crippen MR) is 116 cm³/mol. The summed E-state index contributed by atoms with van der Waals surface area (Å²) < 4.78 is 30.1. The Hall–Kier alpha value is -3.59. The minimum absolute atomic E-state index is 0.166. The number of fused-ring (bicyclic) bond motifs is 1. The number of piperazine rings is 1. The minimum atomic E-state index is -0.663. The summed E-state index contributed by atoms with van der Waals surface area (Å²) in [6, 6.07) is 9.42. The highest BCUT2D eigenvalue weighted by atomic mass is 19.1. The second-order valence-electron chi connectivity index (χ2n) is 7.55. The number of halogens is 2. The van der Waals surface area contributed by atoms with E-state index in [2.05, 4.69) is 37.5 Å². The Morgan fingerprint density at radius 1 is 1.10 bits per heavy atom. The van der Waals surface area contributed by atoms with Gasteiger partial charge in [-0.3, -0.25) is 4.98 Å². The molecule has 4 heterocycles. The highest BCUT2D eigenvalue weighted by Crippen LogP contribution is 2.29. The van der Waals surface area contributed by atoms with Crippen LogP contribution in [0.3, 0.4) is 0 Å². The lowest BCUT2D eigenvalue weighted by Gasteiger charge is -2.34. The van der Waals surface area contributed by atoms with Crippen molar-refractivity contribution in [3.8, 4) is 11.3 Å². The lowest BCUT2D eigenvalue weighted by atomic mass is 10.1. The molecule has 1 aromatic carbocycles. The molecule has 9 heteroatoms. The highest BCUT2D eigenvalue weighted by molar-refractivity contribution is 5.74. The molecule has 1 fully saturated rings. The van der Waals surface area contributed by atoms with Gasteiger partial charge in [0.2, 0.25) is 5.95 Å². The van der Waals surface area contributed by atoms with Crippen LogP contribution in [0.25, 0.3) is 16.8 Å². The smallest absolute Gasteiger partial charge is 0.229 e. The van der Waals surface area contributed by atoms with Gasteiger partial charge in [-0.25, -0.2) is 13.8 Å². The molecule has 31 heavy (non-hydrogen) atoms. The molecule has 7 nitrogen and oxygen atoms in total. The van der Waals surface area contributed by atoms with E-state index in [0.717, 1.165) is 31.0 Å². The average Bonchev–Trinajstić information content (AvgIpc) is 3.16. The second-order valence-corrected chi connectivity index (χ2v) is 7.55. The van der Waals surface area contributed by atoms with E-state index in [-0.39, 0.29) is 11.3 Å². The van der Waals surface area contributed by atoms with E-state index in [0.29, 0.717) is 17.5 Å². The third-order valence-corrected chi connectivity index (χ3v) is 5.36. The second kappa shape index (κ2) is 7.92. The first-order chi connectivity index (χ1) is 15.1. The number of aromatic nitrogens is 4. The lowest BCUT2D eigenvalue weighted by molar-refractivity contribution is 0.485. The molecule has 1 atom stereocenters. The molecule has 1 aliphatic rings. The van der Waals surface area contributed by atoms with Crippen LogP contribution in [0.1, 0.15) is 6.92 Å². The Morgan fingerprint density at radius 2 is 1.94 bits per heavy atom. The molecule has 0 spiro atoms. The van der Waals surface area contributed by atoms with E-state index < -0.39 is 11.6 Å². The van der Waals surface area contributed by atoms with Crippen molar-refractivity contribution >= 4 is 22.8 Å². The first-order valence-corrected chi connectivity index (χ1v) is 10.1. The van der Waals surface area contributed by atoms with Crippen molar-refractivity contribution in [3.05, 3.63) is 66.6 Å². The molecule has 0 saturated carbocycles. The van der Waals surface area contributed by atoms with Crippen molar-refractivity contribution in [2.45, 2.75) is 13.0 Å². The van der Waals surface area contributed by atoms with Crippen molar-refractivity contribution in [1.29, 1.82) is 0 Å². The first-order valence-electron chi connectivity index (χ1n) is 10.1. The zero-order chi connectivity index (χ0) is 21.4. The molecule has 0 unspecified atom stereocenters. The van der Waals surface area contributed by atoms with E-state index in [1.165, 1.54) is 18.2 Å². The number of hydrogen-bond acceptors (Lipinski definition) is 6. The van der Waals surface area contributed by atoms with Gasteiger partial charge in [-0.05, 0) is 37.3 Å². The van der Waals surface area contributed by atoms with Crippen LogP contribution in [0.2, 0.25) is 0 Å². The molecule has 0 aliphatic carbocycles. The SMILES string of the molecule is C[C@H]1CN(c2ccncc2Nc2ncc3ccc(-c4c(F)cccc4F)nn23)CCN1. The van der Waals surface area contributed by atoms with Gasteiger partial charge in [-0.2, -0.15) is 9.61 Å². The molecule has 1 aliphatic heterocycles. The van der Waals surface area contributed by atoms with Gasteiger partial charge in [-0.1, -0.05) is 6.07 Å². The summed E-state index contributed by atoms with van der Waals surface area (Å²) in [6.07, 6.45) is 5.15. The van der Waals surface area contributed by atoms with Crippen LogP contribution in [0.5, 0.6) is 0 Å². The van der Waals surface area contributed by atoms with Gasteiger partial charge in [-0.15, -0.1) is 0 Å². The number of anilines is 3. The summed E-state index contributed by atoms with van der Waals surface area (Å²) in [5, 5.41) is 11.2. The number of imidazole rings is 1. The van der Waals surface area contributed by atoms with Gasteiger partial charge >= 0.3 is 0 Å². The Labute approximate surface area is 177 Å². The Morgan fingerprint density at radius 3 is 2.74 bits per heavy atom. The van der Waals surface area contributed by atoms with Crippen LogP contribution < -0.4 is 15.5 Å². The van der Waals surface area contributed by atoms with E-state index in [1.807, 2.05) is 6.07 Å². The van der Waals surface area contributed by atoms with E-state index >= 15 is 0 Å². The average molecular weight is 421 g/mol. The molecule has 3 aromatic heterocycles. The van der Waals surface area contributed by atoms with E-state index in [9.17, 15) is 8.78 Å². The highest BCUT2D eigenvalue weighted by Gasteiger charge is 2.20. The summed E-state index contributed by atoms with van der Waals surface area (Å²) in [5.74, 6) is -0.890. The fourth-order valence-corrected chi connectivity index (χ4v) is 3.87. The van der Waals surface area contributed by atoms with Crippen molar-refractivity contribution in [2.24, 2.45) is 0 Å². The molecule has 158 valence electrons. The molecule has 1 saturated heterocycles. The van der Waals surface area contributed by atoms with Crippen molar-refractivity contribution in [1.82, 2.24) is 24.9 Å². The molecule has 0 amide bonds. The summed E-state index contributed by atoms with van der Waals surface area (Å²) in [5.41, 5.74) is 2.52. The topological polar surface area (TPSA) is 70.4 Å². The standard InChI is InChI=1S/C22H21F2N7/c1-14-13-30(10-9-26-14)20-7-8-25-12-19(20)28-22-27-11-15-5-6-18(29-31(15)22)21-16(23)3-2-4-17(21)24/h2-8,11-12,14,26H,9-10,13H2,1H3,(H,27,28)/t14-/m0/s1. The zero-order valence-corrected chi connectivity index (χ0v) is 16.9. The van der Waals surface area contributed by atoms with Crippen molar-refractivity contribution < 1.29 is 8.78 Å².